The minimum atomic E-state index is -0.892. The van der Waals surface area contributed by atoms with E-state index in [0.29, 0.717) is 60.9 Å². The van der Waals surface area contributed by atoms with E-state index in [9.17, 15) is 0 Å². The Balaban J connectivity index is 2.01. The minimum Gasteiger partial charge on any atom is -0.489 e. The van der Waals surface area contributed by atoms with Crippen LogP contribution in [-0.2, 0) is 11.8 Å². The maximum Gasteiger partial charge on any atom is 0.204 e. The lowest BCUT2D eigenvalue weighted by Crippen LogP contribution is -2.37. The number of benzene rings is 4. The van der Waals surface area contributed by atoms with E-state index in [0.717, 1.165) is 28.7 Å². The first-order chi connectivity index (χ1) is 22.6. The average Bonchev–Trinajstić information content (AvgIpc) is 3.08. The van der Waals surface area contributed by atoms with Gasteiger partial charge in [-0.05, 0) is 94.5 Å². The van der Waals surface area contributed by atoms with Crippen LogP contribution in [0.4, 0.5) is 0 Å². The van der Waals surface area contributed by atoms with E-state index in [2.05, 4.69) is 60.7 Å². The summed E-state index contributed by atoms with van der Waals surface area (Å²) in [6.07, 6.45) is 7.79. The van der Waals surface area contributed by atoms with Crippen LogP contribution >= 0.6 is 0 Å². The molecule has 0 spiro atoms. The van der Waals surface area contributed by atoms with Crippen LogP contribution in [0.15, 0.2) is 97.5 Å². The van der Waals surface area contributed by atoms with E-state index in [1.54, 1.807) is 12.5 Å². The van der Waals surface area contributed by atoms with Crippen molar-refractivity contribution in [1.29, 1.82) is 0 Å². The van der Waals surface area contributed by atoms with Crippen LogP contribution in [0, 0.1) is 0 Å². The Labute approximate surface area is 273 Å². The molecule has 6 nitrogen and oxygen atoms in total. The van der Waals surface area contributed by atoms with Crippen LogP contribution in [0.2, 0.25) is 0 Å². The fraction of sp³-hybridized carbons (Fsp3) is 0.300. The predicted molar refractivity (Wildman–Crippen MR) is 183 cm³/mol. The monoisotopic (exact) mass is 620 g/mol. The third kappa shape index (κ3) is 5.80. The molecule has 46 heavy (non-hydrogen) atoms. The van der Waals surface area contributed by atoms with Gasteiger partial charge in [-0.1, -0.05) is 60.7 Å². The van der Waals surface area contributed by atoms with Gasteiger partial charge in [-0.2, -0.15) is 0 Å². The molecule has 0 N–H and O–H groups in total. The molecular weight excluding hydrogens is 576 g/mol. The van der Waals surface area contributed by atoms with Crippen molar-refractivity contribution in [1.82, 2.24) is 0 Å². The topological polar surface area (TPSA) is 55.4 Å². The number of allylic oxidation sites excluding steroid dienone is 2. The molecule has 240 valence electrons. The maximum absolute atomic E-state index is 6.59. The fourth-order valence-corrected chi connectivity index (χ4v) is 6.44. The number of ether oxygens (including phenoxy) is 6. The average molecular weight is 621 g/mol. The Bertz CT molecular complexity index is 1580. The van der Waals surface area contributed by atoms with E-state index in [-0.39, 0.29) is 0 Å². The van der Waals surface area contributed by atoms with Crippen molar-refractivity contribution in [3.63, 3.8) is 0 Å². The summed E-state index contributed by atoms with van der Waals surface area (Å²) in [6.45, 7) is 13.5. The van der Waals surface area contributed by atoms with E-state index in [4.69, 9.17) is 28.4 Å². The van der Waals surface area contributed by atoms with Crippen LogP contribution < -0.4 is 28.4 Å². The van der Waals surface area contributed by atoms with Crippen molar-refractivity contribution in [2.24, 2.45) is 0 Å². The highest BCUT2D eigenvalue weighted by Crippen LogP contribution is 2.59. The van der Waals surface area contributed by atoms with Gasteiger partial charge >= 0.3 is 0 Å². The number of hydrogen-bond donors (Lipinski definition) is 0. The van der Waals surface area contributed by atoms with E-state index in [1.807, 2.05) is 65.8 Å². The highest BCUT2D eigenvalue weighted by molar-refractivity contribution is 5.75. The molecule has 0 unspecified atom stereocenters. The zero-order valence-corrected chi connectivity index (χ0v) is 27.7. The summed E-state index contributed by atoms with van der Waals surface area (Å²) in [4.78, 5) is 0. The van der Waals surface area contributed by atoms with E-state index < -0.39 is 5.41 Å². The van der Waals surface area contributed by atoms with Crippen molar-refractivity contribution in [2.75, 3.05) is 26.4 Å². The third-order valence-electron chi connectivity index (χ3n) is 8.00. The lowest BCUT2D eigenvalue weighted by molar-refractivity contribution is 0.268. The molecule has 0 heterocycles. The smallest absolute Gasteiger partial charge is 0.204 e. The van der Waals surface area contributed by atoms with Gasteiger partial charge in [0.25, 0.3) is 0 Å². The normalized spacial score (nSPS) is 13.3. The van der Waals surface area contributed by atoms with Crippen molar-refractivity contribution < 1.29 is 28.4 Å². The zero-order valence-electron chi connectivity index (χ0n) is 27.7. The molecule has 4 aromatic carbocycles. The lowest BCUT2D eigenvalue weighted by Gasteiger charge is -2.43. The molecule has 6 heteroatoms. The fourth-order valence-electron chi connectivity index (χ4n) is 6.44. The Morgan fingerprint density at radius 1 is 0.500 bits per heavy atom. The Hall–Kier alpha value is -4.84. The van der Waals surface area contributed by atoms with Gasteiger partial charge < -0.3 is 28.4 Å². The molecule has 4 aromatic rings. The summed E-state index contributed by atoms with van der Waals surface area (Å²) < 4.78 is 38.0. The quantitative estimate of drug-likeness (QED) is 0.115. The summed E-state index contributed by atoms with van der Waals surface area (Å²) in [5.41, 5.74) is 5.62. The number of hydrogen-bond acceptors (Lipinski definition) is 6. The molecule has 0 saturated heterocycles. The molecule has 0 fully saturated rings. The number of rotatable bonds is 14. The number of fused-ring (bicyclic) bond motifs is 2. The van der Waals surface area contributed by atoms with Crippen molar-refractivity contribution in [3.05, 3.63) is 131 Å². The highest BCUT2D eigenvalue weighted by Gasteiger charge is 2.49. The lowest BCUT2D eigenvalue weighted by atomic mass is 9.59. The van der Waals surface area contributed by atoms with Crippen molar-refractivity contribution in [3.8, 4) is 34.5 Å². The summed E-state index contributed by atoms with van der Waals surface area (Å²) >= 11 is 0. The second-order valence-electron chi connectivity index (χ2n) is 10.7. The zero-order chi connectivity index (χ0) is 32.5. The predicted octanol–water partition coefficient (Wildman–Crippen LogP) is 9.39. The second kappa shape index (κ2) is 15.0. The molecule has 0 saturated carbocycles. The minimum absolute atomic E-state index is 0.429. The maximum atomic E-state index is 6.59. The first-order valence-electron chi connectivity index (χ1n) is 16.2. The molecule has 0 bridgehead atoms. The highest BCUT2D eigenvalue weighted by atomic mass is 16.5. The van der Waals surface area contributed by atoms with Crippen LogP contribution in [0.3, 0.4) is 0 Å². The summed E-state index contributed by atoms with van der Waals surface area (Å²) in [5.74, 6) is 3.50. The third-order valence-corrected chi connectivity index (χ3v) is 8.00. The van der Waals surface area contributed by atoms with E-state index >= 15 is 0 Å². The van der Waals surface area contributed by atoms with Gasteiger partial charge in [-0.25, -0.2) is 0 Å². The molecule has 1 aliphatic rings. The van der Waals surface area contributed by atoms with Gasteiger partial charge in [0.2, 0.25) is 11.5 Å². The van der Waals surface area contributed by atoms with Crippen LogP contribution in [0.1, 0.15) is 74.9 Å². The molecule has 0 amide bonds. The second-order valence-corrected chi connectivity index (χ2v) is 10.7. The summed E-state index contributed by atoms with van der Waals surface area (Å²) in [7, 11) is 0. The molecule has 0 radical (unpaired) electrons. The van der Waals surface area contributed by atoms with Gasteiger partial charge in [0, 0.05) is 11.1 Å². The van der Waals surface area contributed by atoms with Gasteiger partial charge in [0.05, 0.1) is 44.4 Å². The van der Waals surface area contributed by atoms with Gasteiger partial charge in [0.1, 0.15) is 0 Å². The Morgan fingerprint density at radius 3 is 1.28 bits per heavy atom. The van der Waals surface area contributed by atoms with Gasteiger partial charge in [-0.3, -0.25) is 0 Å². The largest absolute Gasteiger partial charge is 0.489 e. The molecule has 0 atom stereocenters. The molecular formula is C40H44O6. The van der Waals surface area contributed by atoms with Crippen LogP contribution in [-0.4, -0.2) is 26.4 Å². The first kappa shape index (κ1) is 32.6. The Kier molecular flexibility index (Phi) is 10.6. The molecule has 1 aliphatic carbocycles. The molecule has 5 rings (SSSR count). The Morgan fingerprint density at radius 2 is 0.891 bits per heavy atom. The summed E-state index contributed by atoms with van der Waals surface area (Å²) in [5, 5.41) is 0. The SMILES string of the molecule is CC=COc1ccc(C2(c3ccc(OC=CC)c(OCC)c3OCC)c3ccccc3Cc3ccccc32)c(OCC)c1OCC. The standard InChI is InChI=1S/C40H44O6/c1-7-25-45-34-23-21-32(36(41-9-3)38(34)43-11-5)40(30-19-15-13-17-28(30)27-29-18-14-16-20-31(29)40)33-22-24-35(46-26-8-2)39(44-12-6)37(33)42-10-4/h7-8,13-26H,9-12,27H2,1-6H3. The van der Waals surface area contributed by atoms with Crippen LogP contribution in [0.25, 0.3) is 0 Å². The van der Waals surface area contributed by atoms with Crippen LogP contribution in [0.5, 0.6) is 34.5 Å². The van der Waals surface area contributed by atoms with Crippen molar-refractivity contribution in [2.45, 2.75) is 53.4 Å². The summed E-state index contributed by atoms with van der Waals surface area (Å²) in [6, 6.07) is 25.4. The van der Waals surface area contributed by atoms with Gasteiger partial charge in [-0.15, -0.1) is 0 Å². The van der Waals surface area contributed by atoms with E-state index in [1.165, 1.54) is 11.1 Å². The van der Waals surface area contributed by atoms with Crippen molar-refractivity contribution >= 4 is 0 Å². The first-order valence-corrected chi connectivity index (χ1v) is 16.2. The molecule has 0 aliphatic heterocycles. The molecule has 0 aromatic heterocycles. The van der Waals surface area contributed by atoms with Gasteiger partial charge in [0.15, 0.2) is 23.0 Å².